The number of aromatic nitrogens is 4. The summed E-state index contributed by atoms with van der Waals surface area (Å²) < 4.78 is 13.0. The smallest absolute Gasteiger partial charge is 0.295 e. The van der Waals surface area contributed by atoms with E-state index >= 15 is 0 Å². The molecule has 9 nitrogen and oxygen atoms in total. The number of aliphatic imine (C=N–C) groups is 1. The number of para-hydroxylation sites is 1. The molecule has 0 saturated heterocycles. The second kappa shape index (κ2) is 5.07. The van der Waals surface area contributed by atoms with Crippen LogP contribution in [0.5, 0.6) is 0 Å². The molecule has 3 aromatic heterocycles. The zero-order valence-corrected chi connectivity index (χ0v) is 14.3. The molecule has 0 spiro atoms. The molecule has 0 fully saturated rings. The van der Waals surface area contributed by atoms with Crippen molar-refractivity contribution < 1.29 is 8.94 Å². The molecule has 0 atom stereocenters. The van der Waals surface area contributed by atoms with Crippen molar-refractivity contribution in [1.29, 1.82) is 0 Å². The Kier molecular flexibility index (Phi) is 2.69. The van der Waals surface area contributed by atoms with Gasteiger partial charge in [0.15, 0.2) is 17.4 Å². The number of furan rings is 1. The lowest BCUT2D eigenvalue weighted by Crippen LogP contribution is -2.45. The average molecular weight is 359 g/mol. The SMILES string of the molecule is Cc1ccc(-c2nc(N3CN=C4c5ccccc5-n5cncc5N43)no2)o1. The number of aryl methyl sites for hydroxylation is 1. The summed E-state index contributed by atoms with van der Waals surface area (Å²) in [6.45, 7) is 2.25. The van der Waals surface area contributed by atoms with Crippen LogP contribution in [0, 0.1) is 6.92 Å². The molecule has 0 aliphatic carbocycles. The Labute approximate surface area is 153 Å². The van der Waals surface area contributed by atoms with E-state index < -0.39 is 0 Å². The molecule has 0 N–H and O–H groups in total. The number of rotatable bonds is 2. The second-order valence-electron chi connectivity index (χ2n) is 6.28. The fraction of sp³-hybridized carbons (Fsp3) is 0.111. The van der Waals surface area contributed by atoms with Gasteiger partial charge in [0.2, 0.25) is 0 Å². The Hall–Kier alpha value is -3.88. The van der Waals surface area contributed by atoms with Gasteiger partial charge in [-0.2, -0.15) is 4.98 Å². The number of amidine groups is 1. The van der Waals surface area contributed by atoms with Gasteiger partial charge in [0, 0.05) is 5.56 Å². The van der Waals surface area contributed by atoms with Crippen molar-refractivity contribution in [3.63, 3.8) is 0 Å². The summed E-state index contributed by atoms with van der Waals surface area (Å²) in [6, 6.07) is 11.8. The number of anilines is 2. The minimum absolute atomic E-state index is 0.331. The molecule has 4 aromatic rings. The number of fused-ring (bicyclic) bond motifs is 6. The van der Waals surface area contributed by atoms with Crippen LogP contribution in [0.25, 0.3) is 17.3 Å². The lowest BCUT2D eigenvalue weighted by Gasteiger charge is -2.33. The van der Waals surface area contributed by atoms with Crippen molar-refractivity contribution in [2.75, 3.05) is 16.7 Å². The van der Waals surface area contributed by atoms with E-state index in [1.54, 1.807) is 12.5 Å². The summed E-state index contributed by atoms with van der Waals surface area (Å²) in [6.07, 6.45) is 3.58. The van der Waals surface area contributed by atoms with Crippen molar-refractivity contribution >= 4 is 17.6 Å². The monoisotopic (exact) mass is 359 g/mol. The minimum atomic E-state index is 0.331. The largest absolute Gasteiger partial charge is 0.456 e. The van der Waals surface area contributed by atoms with E-state index in [0.29, 0.717) is 24.3 Å². The topological polar surface area (TPSA) is 88.7 Å². The maximum absolute atomic E-state index is 5.57. The van der Waals surface area contributed by atoms with Crippen LogP contribution < -0.4 is 10.0 Å². The minimum Gasteiger partial charge on any atom is -0.456 e. The average Bonchev–Trinajstić information content (AvgIpc) is 3.45. The molecule has 2 aliphatic heterocycles. The summed E-state index contributed by atoms with van der Waals surface area (Å²) >= 11 is 0. The van der Waals surface area contributed by atoms with Gasteiger partial charge in [0.1, 0.15) is 18.8 Å². The fourth-order valence-corrected chi connectivity index (χ4v) is 3.44. The van der Waals surface area contributed by atoms with Crippen LogP contribution in [0.2, 0.25) is 0 Å². The molecule has 9 heteroatoms. The first kappa shape index (κ1) is 14.3. The number of hydrogen-bond donors (Lipinski definition) is 0. The lowest BCUT2D eigenvalue weighted by molar-refractivity contribution is 0.412. The van der Waals surface area contributed by atoms with E-state index in [1.807, 2.05) is 51.8 Å². The third-order valence-electron chi connectivity index (χ3n) is 4.63. The van der Waals surface area contributed by atoms with Crippen LogP contribution in [-0.4, -0.2) is 32.2 Å². The first-order valence-corrected chi connectivity index (χ1v) is 8.44. The van der Waals surface area contributed by atoms with E-state index in [0.717, 1.165) is 28.7 Å². The molecule has 0 radical (unpaired) electrons. The summed E-state index contributed by atoms with van der Waals surface area (Å²) in [5, 5.41) is 7.93. The highest BCUT2D eigenvalue weighted by molar-refractivity contribution is 6.16. The molecule has 6 rings (SSSR count). The Morgan fingerprint density at radius 2 is 2.04 bits per heavy atom. The zero-order chi connectivity index (χ0) is 18.0. The molecular formula is C18H13N7O2. The maximum Gasteiger partial charge on any atom is 0.295 e. The van der Waals surface area contributed by atoms with Gasteiger partial charge in [0.25, 0.3) is 11.8 Å². The molecule has 2 aliphatic rings. The second-order valence-corrected chi connectivity index (χ2v) is 6.28. The van der Waals surface area contributed by atoms with Gasteiger partial charge in [-0.15, -0.1) is 0 Å². The summed E-state index contributed by atoms with van der Waals surface area (Å²) in [5.74, 6) is 3.76. The van der Waals surface area contributed by atoms with Crippen LogP contribution in [0.15, 0.2) is 62.9 Å². The predicted molar refractivity (Wildman–Crippen MR) is 96.7 cm³/mol. The van der Waals surface area contributed by atoms with E-state index in [2.05, 4.69) is 21.2 Å². The van der Waals surface area contributed by atoms with Crippen molar-refractivity contribution in [2.24, 2.45) is 4.99 Å². The molecule has 0 saturated carbocycles. The van der Waals surface area contributed by atoms with Crippen molar-refractivity contribution in [1.82, 2.24) is 19.7 Å². The van der Waals surface area contributed by atoms with Crippen LogP contribution in [0.3, 0.4) is 0 Å². The molecule has 0 amide bonds. The molecule has 1 aromatic carbocycles. The quantitative estimate of drug-likeness (QED) is 0.544. The fourth-order valence-electron chi connectivity index (χ4n) is 3.44. The van der Waals surface area contributed by atoms with E-state index in [4.69, 9.17) is 13.9 Å². The van der Waals surface area contributed by atoms with Gasteiger partial charge < -0.3 is 8.94 Å². The Bertz CT molecular complexity index is 1200. The number of hydrazine groups is 1. The van der Waals surface area contributed by atoms with Crippen LogP contribution in [-0.2, 0) is 0 Å². The van der Waals surface area contributed by atoms with E-state index in [-0.39, 0.29) is 0 Å². The van der Waals surface area contributed by atoms with E-state index in [1.165, 1.54) is 0 Å². The maximum atomic E-state index is 5.57. The van der Waals surface area contributed by atoms with Gasteiger partial charge in [0.05, 0.1) is 11.9 Å². The highest BCUT2D eigenvalue weighted by Gasteiger charge is 2.38. The van der Waals surface area contributed by atoms with Gasteiger partial charge >= 0.3 is 0 Å². The van der Waals surface area contributed by atoms with Gasteiger partial charge in [-0.05, 0) is 36.3 Å². The van der Waals surface area contributed by atoms with Crippen molar-refractivity contribution in [2.45, 2.75) is 6.92 Å². The first-order chi connectivity index (χ1) is 13.3. The molecule has 5 heterocycles. The number of benzene rings is 1. The Morgan fingerprint density at radius 3 is 2.93 bits per heavy atom. The normalized spacial score (nSPS) is 14.8. The highest BCUT2D eigenvalue weighted by Crippen LogP contribution is 2.35. The number of hydrogen-bond acceptors (Lipinski definition) is 8. The van der Waals surface area contributed by atoms with Crippen molar-refractivity contribution in [3.8, 4) is 17.3 Å². The molecular weight excluding hydrogens is 346 g/mol. The Balaban J connectivity index is 1.44. The number of imidazole rings is 1. The van der Waals surface area contributed by atoms with Gasteiger partial charge in [-0.3, -0.25) is 4.57 Å². The predicted octanol–water partition coefficient (Wildman–Crippen LogP) is 2.78. The lowest BCUT2D eigenvalue weighted by atomic mass is 10.1. The third kappa shape index (κ3) is 1.93. The van der Waals surface area contributed by atoms with Gasteiger partial charge in [-0.1, -0.05) is 12.1 Å². The standard InChI is InChI=1S/C18H13N7O2/c1-11-6-7-14(26-11)17-21-18(22-27-17)24-10-20-16-12-4-2-3-5-13(12)23-9-19-8-15(23)25(16)24/h2-9H,10H2,1H3. The summed E-state index contributed by atoms with van der Waals surface area (Å²) in [7, 11) is 0. The summed E-state index contributed by atoms with van der Waals surface area (Å²) in [4.78, 5) is 13.5. The molecule has 0 bridgehead atoms. The van der Waals surface area contributed by atoms with E-state index in [9.17, 15) is 0 Å². The number of nitrogens with zero attached hydrogens (tertiary/aromatic N) is 7. The third-order valence-corrected chi connectivity index (χ3v) is 4.63. The molecule has 132 valence electrons. The first-order valence-electron chi connectivity index (χ1n) is 8.44. The van der Waals surface area contributed by atoms with Gasteiger partial charge in [-0.25, -0.2) is 20.0 Å². The zero-order valence-electron chi connectivity index (χ0n) is 14.3. The van der Waals surface area contributed by atoms with Crippen LogP contribution in [0.4, 0.5) is 11.8 Å². The molecule has 27 heavy (non-hydrogen) atoms. The van der Waals surface area contributed by atoms with Crippen LogP contribution >= 0.6 is 0 Å². The summed E-state index contributed by atoms with van der Waals surface area (Å²) in [5.41, 5.74) is 2.07. The Morgan fingerprint density at radius 1 is 1.11 bits per heavy atom. The molecule has 0 unspecified atom stereocenters. The highest BCUT2D eigenvalue weighted by atomic mass is 16.5. The van der Waals surface area contributed by atoms with Crippen molar-refractivity contribution in [3.05, 3.63) is 60.2 Å². The van der Waals surface area contributed by atoms with Crippen LogP contribution in [0.1, 0.15) is 11.3 Å².